The molecule has 0 spiro atoms. The first-order valence-electron chi connectivity index (χ1n) is 7.27. The third kappa shape index (κ3) is 7.40. The van der Waals surface area contributed by atoms with Crippen molar-refractivity contribution in [3.63, 3.8) is 0 Å². The van der Waals surface area contributed by atoms with Gasteiger partial charge in [0.1, 0.15) is 15.7 Å². The van der Waals surface area contributed by atoms with E-state index in [4.69, 9.17) is 0 Å². The molecule has 5 nitrogen and oxygen atoms in total. The molecule has 0 fully saturated rings. The molecule has 0 aromatic heterocycles. The average molecular weight is 329 g/mol. The van der Waals surface area contributed by atoms with Crippen LogP contribution in [0.2, 0.25) is 0 Å². The van der Waals surface area contributed by atoms with Crippen molar-refractivity contribution in [2.24, 2.45) is 4.99 Å². The van der Waals surface area contributed by atoms with Gasteiger partial charge in [-0.3, -0.25) is 0 Å². The van der Waals surface area contributed by atoms with E-state index < -0.39 is 9.84 Å². The van der Waals surface area contributed by atoms with Crippen LogP contribution in [0.1, 0.15) is 25.8 Å². The molecule has 124 valence electrons. The van der Waals surface area contributed by atoms with Crippen molar-refractivity contribution in [1.82, 2.24) is 10.6 Å². The molecule has 0 bridgehead atoms. The molecule has 1 aromatic rings. The highest BCUT2D eigenvalue weighted by atomic mass is 32.2. The molecule has 22 heavy (non-hydrogen) atoms. The van der Waals surface area contributed by atoms with Crippen molar-refractivity contribution < 1.29 is 12.8 Å². The Bertz CT molecular complexity index is 603. The minimum Gasteiger partial charge on any atom is -0.357 e. The Hall–Kier alpha value is -1.63. The zero-order chi connectivity index (χ0) is 16.6. The highest BCUT2D eigenvalue weighted by molar-refractivity contribution is 7.90. The van der Waals surface area contributed by atoms with Gasteiger partial charge >= 0.3 is 0 Å². The van der Waals surface area contributed by atoms with Gasteiger partial charge in [-0.15, -0.1) is 0 Å². The molecule has 2 N–H and O–H groups in total. The summed E-state index contributed by atoms with van der Waals surface area (Å²) < 4.78 is 35.9. The fourth-order valence-corrected chi connectivity index (χ4v) is 2.59. The summed E-state index contributed by atoms with van der Waals surface area (Å²) in [6.07, 6.45) is 1.71. The number of benzene rings is 1. The maximum Gasteiger partial charge on any atom is 0.191 e. The SMILES string of the molecule is CCNC(=NCc1ccccc1F)NC(C)CCS(C)(=O)=O. The summed E-state index contributed by atoms with van der Waals surface area (Å²) in [6, 6.07) is 6.45. The monoisotopic (exact) mass is 329 g/mol. The van der Waals surface area contributed by atoms with Gasteiger partial charge in [0, 0.05) is 24.4 Å². The molecule has 1 aromatic carbocycles. The minimum atomic E-state index is -2.98. The molecule has 1 unspecified atom stereocenters. The normalized spacial score (nSPS) is 13.7. The van der Waals surface area contributed by atoms with Crippen LogP contribution in [0.4, 0.5) is 4.39 Å². The van der Waals surface area contributed by atoms with E-state index in [1.807, 2.05) is 13.8 Å². The summed E-state index contributed by atoms with van der Waals surface area (Å²) in [5, 5.41) is 6.20. The summed E-state index contributed by atoms with van der Waals surface area (Å²) in [5.74, 6) is 0.382. The lowest BCUT2D eigenvalue weighted by molar-refractivity contribution is 0.580. The zero-order valence-corrected chi connectivity index (χ0v) is 14.1. The Morgan fingerprint density at radius 1 is 1.36 bits per heavy atom. The lowest BCUT2D eigenvalue weighted by Crippen LogP contribution is -2.42. The van der Waals surface area contributed by atoms with E-state index in [1.54, 1.807) is 18.2 Å². The second-order valence-corrected chi connectivity index (χ2v) is 7.51. The third-order valence-electron chi connectivity index (χ3n) is 3.01. The summed E-state index contributed by atoms with van der Waals surface area (Å²) in [5.41, 5.74) is 0.517. The van der Waals surface area contributed by atoms with E-state index in [9.17, 15) is 12.8 Å². The number of nitrogens with one attached hydrogen (secondary N) is 2. The van der Waals surface area contributed by atoms with Crippen LogP contribution < -0.4 is 10.6 Å². The first kappa shape index (κ1) is 18.4. The molecular formula is C15H24FN3O2S. The van der Waals surface area contributed by atoms with Gasteiger partial charge in [0.15, 0.2) is 5.96 Å². The Morgan fingerprint density at radius 3 is 2.64 bits per heavy atom. The fourth-order valence-electron chi connectivity index (χ4n) is 1.81. The largest absolute Gasteiger partial charge is 0.357 e. The number of rotatable bonds is 7. The van der Waals surface area contributed by atoms with Gasteiger partial charge < -0.3 is 10.6 Å². The molecule has 0 heterocycles. The maximum absolute atomic E-state index is 13.6. The second-order valence-electron chi connectivity index (χ2n) is 5.25. The number of hydrogen-bond donors (Lipinski definition) is 2. The van der Waals surface area contributed by atoms with Crippen LogP contribution in [0.25, 0.3) is 0 Å². The third-order valence-corrected chi connectivity index (χ3v) is 3.99. The number of nitrogens with zero attached hydrogens (tertiary/aromatic N) is 1. The van der Waals surface area contributed by atoms with Crippen LogP contribution in [0.15, 0.2) is 29.3 Å². The van der Waals surface area contributed by atoms with Crippen molar-refractivity contribution in [3.05, 3.63) is 35.6 Å². The predicted octanol–water partition coefficient (Wildman–Crippen LogP) is 1.70. The standard InChI is InChI=1S/C15H24FN3O2S/c1-4-17-15(19-12(2)9-10-22(3,20)21)18-11-13-7-5-6-8-14(13)16/h5-8,12H,4,9-11H2,1-3H3,(H2,17,18,19). The van der Waals surface area contributed by atoms with E-state index in [0.29, 0.717) is 24.5 Å². The van der Waals surface area contributed by atoms with Gasteiger partial charge in [0.25, 0.3) is 0 Å². The number of sulfone groups is 1. The van der Waals surface area contributed by atoms with Crippen molar-refractivity contribution in [2.45, 2.75) is 32.9 Å². The summed E-state index contributed by atoms with van der Waals surface area (Å²) in [6.45, 7) is 4.71. The number of guanidine groups is 1. The second kappa shape index (κ2) is 8.73. The molecule has 7 heteroatoms. The van der Waals surface area contributed by atoms with Crippen LogP contribution in [0.3, 0.4) is 0 Å². The molecule has 0 aliphatic heterocycles. The van der Waals surface area contributed by atoms with Gasteiger partial charge in [-0.05, 0) is 26.3 Å². The Balaban J connectivity index is 2.64. The fraction of sp³-hybridized carbons (Fsp3) is 0.533. The average Bonchev–Trinajstić information content (AvgIpc) is 2.43. The topological polar surface area (TPSA) is 70.6 Å². The van der Waals surface area contributed by atoms with Crippen molar-refractivity contribution >= 4 is 15.8 Å². The number of hydrogen-bond acceptors (Lipinski definition) is 3. The van der Waals surface area contributed by atoms with Crippen LogP contribution in [0.5, 0.6) is 0 Å². The molecular weight excluding hydrogens is 305 g/mol. The van der Waals surface area contributed by atoms with Gasteiger partial charge in [-0.2, -0.15) is 0 Å². The van der Waals surface area contributed by atoms with Crippen LogP contribution in [-0.2, 0) is 16.4 Å². The van der Waals surface area contributed by atoms with E-state index in [1.165, 1.54) is 12.3 Å². The number of halogens is 1. The summed E-state index contributed by atoms with van der Waals surface area (Å²) in [4.78, 5) is 4.33. The Kier molecular flexibility index (Phi) is 7.31. The zero-order valence-electron chi connectivity index (χ0n) is 13.3. The van der Waals surface area contributed by atoms with E-state index in [2.05, 4.69) is 15.6 Å². The van der Waals surface area contributed by atoms with Crippen LogP contribution in [-0.4, -0.2) is 39.0 Å². The minimum absolute atomic E-state index is 0.0480. The van der Waals surface area contributed by atoms with Crippen LogP contribution >= 0.6 is 0 Å². The van der Waals surface area contributed by atoms with Crippen molar-refractivity contribution in [2.75, 3.05) is 18.6 Å². The van der Waals surface area contributed by atoms with E-state index in [-0.39, 0.29) is 24.2 Å². The molecule has 1 atom stereocenters. The van der Waals surface area contributed by atoms with Gasteiger partial charge in [0.2, 0.25) is 0 Å². The van der Waals surface area contributed by atoms with Crippen molar-refractivity contribution in [3.8, 4) is 0 Å². The smallest absolute Gasteiger partial charge is 0.191 e. The predicted molar refractivity (Wildman–Crippen MR) is 88.1 cm³/mol. The first-order valence-corrected chi connectivity index (χ1v) is 9.34. The summed E-state index contributed by atoms with van der Waals surface area (Å²) in [7, 11) is -2.98. The van der Waals surface area contributed by atoms with Crippen molar-refractivity contribution in [1.29, 1.82) is 0 Å². The Labute approximate surface area is 132 Å². The lowest BCUT2D eigenvalue weighted by Gasteiger charge is -2.17. The van der Waals surface area contributed by atoms with Gasteiger partial charge in [-0.25, -0.2) is 17.8 Å². The molecule has 0 aliphatic carbocycles. The van der Waals surface area contributed by atoms with Crippen LogP contribution in [0, 0.1) is 5.82 Å². The van der Waals surface area contributed by atoms with Gasteiger partial charge in [0.05, 0.1) is 12.3 Å². The highest BCUT2D eigenvalue weighted by Gasteiger charge is 2.09. The van der Waals surface area contributed by atoms with E-state index >= 15 is 0 Å². The number of aliphatic imine (C=N–C) groups is 1. The molecule has 0 amide bonds. The van der Waals surface area contributed by atoms with E-state index in [0.717, 1.165) is 0 Å². The molecule has 0 saturated heterocycles. The maximum atomic E-state index is 13.6. The molecule has 0 aliphatic rings. The Morgan fingerprint density at radius 2 is 2.05 bits per heavy atom. The first-order chi connectivity index (χ1) is 10.3. The molecule has 0 saturated carbocycles. The highest BCUT2D eigenvalue weighted by Crippen LogP contribution is 2.07. The summed E-state index contributed by atoms with van der Waals surface area (Å²) >= 11 is 0. The molecule has 1 rings (SSSR count). The van der Waals surface area contributed by atoms with Gasteiger partial charge in [-0.1, -0.05) is 18.2 Å². The molecule has 0 radical (unpaired) electrons. The quantitative estimate of drug-likeness (QED) is 0.590. The lowest BCUT2D eigenvalue weighted by atomic mass is 10.2.